The summed E-state index contributed by atoms with van der Waals surface area (Å²) >= 11 is 0. The summed E-state index contributed by atoms with van der Waals surface area (Å²) in [4.78, 5) is 16.3. The van der Waals surface area contributed by atoms with Gasteiger partial charge in [0, 0.05) is 24.9 Å². The van der Waals surface area contributed by atoms with Crippen LogP contribution in [-0.2, 0) is 4.74 Å². The summed E-state index contributed by atoms with van der Waals surface area (Å²) in [5.41, 5.74) is 3.05. The topological polar surface area (TPSA) is 75.7 Å². The zero-order chi connectivity index (χ0) is 17.1. The molecule has 6 nitrogen and oxygen atoms in total. The largest absolute Gasteiger partial charge is 0.376 e. The van der Waals surface area contributed by atoms with E-state index in [2.05, 4.69) is 25.3 Å². The van der Waals surface area contributed by atoms with E-state index in [4.69, 9.17) is 4.74 Å². The molecule has 4 rings (SSSR count). The maximum atomic E-state index is 13.2. The van der Waals surface area contributed by atoms with Crippen LogP contribution in [0, 0.1) is 5.82 Å². The van der Waals surface area contributed by atoms with Gasteiger partial charge in [-0.25, -0.2) is 19.3 Å². The summed E-state index contributed by atoms with van der Waals surface area (Å²) in [5, 5.41) is 3.22. The molecule has 2 aromatic heterocycles. The van der Waals surface area contributed by atoms with Gasteiger partial charge in [-0.2, -0.15) is 0 Å². The van der Waals surface area contributed by atoms with Gasteiger partial charge in [-0.3, -0.25) is 0 Å². The third-order valence-electron chi connectivity index (χ3n) is 4.18. The lowest BCUT2D eigenvalue weighted by Crippen LogP contribution is -2.19. The minimum absolute atomic E-state index is 0.217. The van der Waals surface area contributed by atoms with Crippen molar-refractivity contribution >= 4 is 5.95 Å². The highest BCUT2D eigenvalue weighted by molar-refractivity contribution is 5.76. The first-order valence-electron chi connectivity index (χ1n) is 8.28. The Morgan fingerprint density at radius 2 is 2.08 bits per heavy atom. The molecule has 1 fully saturated rings. The lowest BCUT2D eigenvalue weighted by molar-refractivity contribution is 0.120. The molecule has 0 spiro atoms. The van der Waals surface area contributed by atoms with E-state index in [1.807, 2.05) is 6.07 Å². The number of hydrogen-bond donors (Lipinski definition) is 2. The molecule has 0 amide bonds. The Balaban J connectivity index is 1.57. The van der Waals surface area contributed by atoms with Crippen LogP contribution in [0.1, 0.15) is 12.8 Å². The van der Waals surface area contributed by atoms with E-state index in [9.17, 15) is 4.39 Å². The van der Waals surface area contributed by atoms with Crippen LogP contribution >= 0.6 is 0 Å². The Labute approximate surface area is 144 Å². The third-order valence-corrected chi connectivity index (χ3v) is 4.18. The molecule has 0 saturated carbocycles. The monoisotopic (exact) mass is 339 g/mol. The van der Waals surface area contributed by atoms with E-state index in [0.29, 0.717) is 12.5 Å². The Morgan fingerprint density at radius 1 is 1.20 bits per heavy atom. The lowest BCUT2D eigenvalue weighted by atomic mass is 10.1. The number of rotatable bonds is 5. The van der Waals surface area contributed by atoms with Crippen molar-refractivity contribution in [3.05, 3.63) is 48.7 Å². The summed E-state index contributed by atoms with van der Waals surface area (Å²) in [6.07, 6.45) is 5.68. The predicted octanol–water partition coefficient (Wildman–Crippen LogP) is 3.26. The molecule has 0 radical (unpaired) electrons. The van der Waals surface area contributed by atoms with Crippen LogP contribution in [0.3, 0.4) is 0 Å². The molecule has 25 heavy (non-hydrogen) atoms. The van der Waals surface area contributed by atoms with E-state index in [1.165, 1.54) is 12.1 Å². The number of H-pyrrole nitrogens is 1. The minimum atomic E-state index is -0.275. The summed E-state index contributed by atoms with van der Waals surface area (Å²) < 4.78 is 18.7. The molecule has 1 atom stereocenters. The smallest absolute Gasteiger partial charge is 0.223 e. The second kappa shape index (κ2) is 6.98. The van der Waals surface area contributed by atoms with Gasteiger partial charge in [0.25, 0.3) is 0 Å². The number of ether oxygens (including phenoxy) is 1. The highest BCUT2D eigenvalue weighted by Crippen LogP contribution is 2.28. The van der Waals surface area contributed by atoms with E-state index in [-0.39, 0.29) is 11.9 Å². The summed E-state index contributed by atoms with van der Waals surface area (Å²) in [6.45, 7) is 1.51. The molecular formula is C18H18FN5O. The Bertz CT molecular complexity index is 843. The lowest BCUT2D eigenvalue weighted by Gasteiger charge is -2.11. The molecule has 3 aromatic rings. The van der Waals surface area contributed by atoms with Gasteiger partial charge in [0.2, 0.25) is 5.95 Å². The van der Waals surface area contributed by atoms with Crippen LogP contribution in [0.4, 0.5) is 10.3 Å². The number of nitrogens with one attached hydrogen (secondary N) is 2. The van der Waals surface area contributed by atoms with Crippen molar-refractivity contribution in [1.29, 1.82) is 0 Å². The fourth-order valence-corrected chi connectivity index (χ4v) is 2.91. The van der Waals surface area contributed by atoms with Gasteiger partial charge < -0.3 is 15.0 Å². The Kier molecular flexibility index (Phi) is 4.39. The quantitative estimate of drug-likeness (QED) is 0.746. The number of anilines is 1. The van der Waals surface area contributed by atoms with Crippen LogP contribution < -0.4 is 5.32 Å². The number of imidazole rings is 1. The highest BCUT2D eigenvalue weighted by atomic mass is 19.1. The van der Waals surface area contributed by atoms with Gasteiger partial charge in [-0.15, -0.1) is 0 Å². The van der Waals surface area contributed by atoms with Gasteiger partial charge >= 0.3 is 0 Å². The predicted molar refractivity (Wildman–Crippen MR) is 92.5 cm³/mol. The molecule has 7 heteroatoms. The zero-order valence-electron chi connectivity index (χ0n) is 13.6. The van der Waals surface area contributed by atoms with Crippen molar-refractivity contribution in [3.8, 4) is 22.6 Å². The normalized spacial score (nSPS) is 16.9. The molecule has 2 N–H and O–H groups in total. The van der Waals surface area contributed by atoms with Gasteiger partial charge in [0.15, 0.2) is 0 Å². The Hall–Kier alpha value is -2.80. The number of aromatic nitrogens is 4. The second-order valence-corrected chi connectivity index (χ2v) is 5.91. The van der Waals surface area contributed by atoms with Crippen molar-refractivity contribution in [1.82, 2.24) is 19.9 Å². The van der Waals surface area contributed by atoms with Crippen molar-refractivity contribution in [2.24, 2.45) is 0 Å². The van der Waals surface area contributed by atoms with E-state index < -0.39 is 0 Å². The second-order valence-electron chi connectivity index (χ2n) is 5.91. The molecule has 1 unspecified atom stereocenters. The Morgan fingerprint density at radius 3 is 2.88 bits per heavy atom. The first kappa shape index (κ1) is 15.7. The first-order chi connectivity index (χ1) is 12.3. The van der Waals surface area contributed by atoms with E-state index in [0.717, 1.165) is 42.1 Å². The molecule has 128 valence electrons. The van der Waals surface area contributed by atoms with Crippen molar-refractivity contribution in [3.63, 3.8) is 0 Å². The average molecular weight is 339 g/mol. The maximum absolute atomic E-state index is 13.2. The highest BCUT2D eigenvalue weighted by Gasteiger charge is 2.16. The number of halogens is 1. The van der Waals surface area contributed by atoms with Gasteiger partial charge in [-0.1, -0.05) is 0 Å². The van der Waals surface area contributed by atoms with Crippen LogP contribution in [-0.4, -0.2) is 39.2 Å². The number of hydrogen-bond acceptors (Lipinski definition) is 5. The van der Waals surface area contributed by atoms with E-state index >= 15 is 0 Å². The molecule has 0 bridgehead atoms. The van der Waals surface area contributed by atoms with Crippen molar-refractivity contribution in [2.45, 2.75) is 18.9 Å². The van der Waals surface area contributed by atoms with E-state index in [1.54, 1.807) is 24.7 Å². The standard InChI is InChI=1S/C18H18FN5O/c19-13-5-3-12(4-6-13)16-17(23-11-22-16)15-7-8-20-18(24-15)21-10-14-2-1-9-25-14/h3-8,11,14H,1-2,9-10H2,(H,22,23)(H,20,21,24). The molecule has 1 saturated heterocycles. The SMILES string of the molecule is Fc1ccc(-c2nc[nH]c2-c2ccnc(NCC3CCCO3)n2)cc1. The average Bonchev–Trinajstić information content (AvgIpc) is 3.33. The fraction of sp³-hybridized carbons (Fsp3) is 0.278. The maximum Gasteiger partial charge on any atom is 0.223 e. The van der Waals surface area contributed by atoms with Crippen LogP contribution in [0.2, 0.25) is 0 Å². The third kappa shape index (κ3) is 3.51. The summed E-state index contributed by atoms with van der Waals surface area (Å²) in [5.74, 6) is 0.274. The van der Waals surface area contributed by atoms with Crippen molar-refractivity contribution in [2.75, 3.05) is 18.5 Å². The number of aromatic amines is 1. The molecule has 1 aromatic carbocycles. The van der Waals surface area contributed by atoms with Crippen LogP contribution in [0.5, 0.6) is 0 Å². The first-order valence-corrected chi connectivity index (χ1v) is 8.28. The van der Waals surface area contributed by atoms with Crippen molar-refractivity contribution < 1.29 is 9.13 Å². The molecule has 3 heterocycles. The van der Waals surface area contributed by atoms with Gasteiger partial charge in [0.05, 0.1) is 29.5 Å². The van der Waals surface area contributed by atoms with Crippen LogP contribution in [0.15, 0.2) is 42.9 Å². The number of nitrogens with zero attached hydrogens (tertiary/aromatic N) is 3. The molecule has 1 aliphatic rings. The molecular weight excluding hydrogens is 321 g/mol. The molecule has 0 aliphatic carbocycles. The van der Waals surface area contributed by atoms with Crippen LogP contribution in [0.25, 0.3) is 22.6 Å². The summed E-state index contributed by atoms with van der Waals surface area (Å²) in [6, 6.07) is 8.06. The minimum Gasteiger partial charge on any atom is -0.376 e. The zero-order valence-corrected chi connectivity index (χ0v) is 13.6. The fourth-order valence-electron chi connectivity index (χ4n) is 2.91. The summed E-state index contributed by atoms with van der Waals surface area (Å²) in [7, 11) is 0. The molecule has 1 aliphatic heterocycles. The van der Waals surface area contributed by atoms with Gasteiger partial charge in [-0.05, 0) is 43.2 Å². The number of benzene rings is 1. The van der Waals surface area contributed by atoms with Gasteiger partial charge in [0.1, 0.15) is 5.82 Å².